The molecule has 0 aromatic carbocycles. The number of hydrogen-bond acceptors (Lipinski definition) is 4. The summed E-state index contributed by atoms with van der Waals surface area (Å²) in [5.74, 6) is -0.403. The number of piperidine rings is 1. The van der Waals surface area contributed by atoms with Gasteiger partial charge in [-0.2, -0.15) is 0 Å². The Bertz CT molecular complexity index is 392. The summed E-state index contributed by atoms with van der Waals surface area (Å²) in [6.07, 6.45) is 6.09. The molecule has 1 aliphatic carbocycles. The van der Waals surface area contributed by atoms with Crippen molar-refractivity contribution in [2.24, 2.45) is 23.2 Å². The zero-order valence-electron chi connectivity index (χ0n) is 14.6. The number of rotatable bonds is 6. The number of carboxylic acids is 1. The van der Waals surface area contributed by atoms with E-state index in [0.717, 1.165) is 32.5 Å². The largest absolute Gasteiger partial charge is 0.481 e. The van der Waals surface area contributed by atoms with Crippen LogP contribution in [0.1, 0.15) is 52.4 Å². The van der Waals surface area contributed by atoms with Gasteiger partial charge in [0.2, 0.25) is 0 Å². The first-order chi connectivity index (χ1) is 10.8. The second-order valence-corrected chi connectivity index (χ2v) is 8.41. The van der Waals surface area contributed by atoms with E-state index in [1.54, 1.807) is 0 Å². The molecule has 132 valence electrons. The Balaban J connectivity index is 1.85. The van der Waals surface area contributed by atoms with Gasteiger partial charge in [0, 0.05) is 6.54 Å². The molecule has 3 N–H and O–H groups in total. The minimum absolute atomic E-state index is 0.240. The minimum atomic E-state index is -1.27. The third kappa shape index (κ3) is 5.77. The molecule has 5 nitrogen and oxygen atoms in total. The predicted molar refractivity (Wildman–Crippen MR) is 91.0 cm³/mol. The molecule has 1 saturated heterocycles. The van der Waals surface area contributed by atoms with Gasteiger partial charge in [-0.1, -0.05) is 26.7 Å². The Kier molecular flexibility index (Phi) is 6.52. The van der Waals surface area contributed by atoms with Crippen molar-refractivity contribution in [1.82, 2.24) is 4.90 Å². The molecule has 2 fully saturated rings. The van der Waals surface area contributed by atoms with Crippen LogP contribution in [0.15, 0.2) is 0 Å². The van der Waals surface area contributed by atoms with E-state index < -0.39 is 13.1 Å². The van der Waals surface area contributed by atoms with E-state index in [1.807, 2.05) is 0 Å². The zero-order valence-corrected chi connectivity index (χ0v) is 14.6. The Morgan fingerprint density at radius 3 is 2.43 bits per heavy atom. The van der Waals surface area contributed by atoms with Crippen LogP contribution in [0.4, 0.5) is 0 Å². The smallest absolute Gasteiger partial charge is 0.451 e. The summed E-state index contributed by atoms with van der Waals surface area (Å²) in [5.41, 5.74) is 0.422. The van der Waals surface area contributed by atoms with Crippen LogP contribution < -0.4 is 0 Å². The fourth-order valence-electron chi connectivity index (χ4n) is 4.16. The molecule has 3 atom stereocenters. The standard InChI is InChI=1S/C17H32BNO4/c1-17(2)6-9-19(10-7-17)12-14-4-3-13(5-8-18(22)23)11-15(14)16(20)21/h13-15,22-23H,3-12H2,1-2H3,(H,20,21)/t13-,14-,15-/m0/s1. The van der Waals surface area contributed by atoms with Crippen molar-refractivity contribution in [2.75, 3.05) is 19.6 Å². The third-order valence-corrected chi connectivity index (χ3v) is 5.95. The molecule has 2 rings (SSSR count). The normalized spacial score (nSPS) is 31.7. The molecular formula is C17H32BNO4. The van der Waals surface area contributed by atoms with E-state index in [9.17, 15) is 9.90 Å². The lowest BCUT2D eigenvalue weighted by Gasteiger charge is -2.41. The van der Waals surface area contributed by atoms with E-state index >= 15 is 0 Å². The van der Waals surface area contributed by atoms with Gasteiger partial charge in [0.1, 0.15) is 0 Å². The fraction of sp³-hybridized carbons (Fsp3) is 0.941. The van der Waals surface area contributed by atoms with Crippen LogP contribution in [-0.4, -0.2) is 52.8 Å². The van der Waals surface area contributed by atoms with Gasteiger partial charge in [-0.15, -0.1) is 0 Å². The van der Waals surface area contributed by atoms with E-state index in [1.165, 1.54) is 12.8 Å². The SMILES string of the molecule is CC1(C)CCN(C[C@@H]2CC[C@@H](CCB(O)O)C[C@@H]2C(=O)O)CC1. The van der Waals surface area contributed by atoms with Crippen LogP contribution in [0.25, 0.3) is 0 Å². The average molecular weight is 325 g/mol. The van der Waals surface area contributed by atoms with E-state index in [2.05, 4.69) is 18.7 Å². The number of hydrogen-bond donors (Lipinski definition) is 3. The van der Waals surface area contributed by atoms with E-state index in [-0.39, 0.29) is 11.8 Å². The van der Waals surface area contributed by atoms with Crippen molar-refractivity contribution in [3.8, 4) is 0 Å². The van der Waals surface area contributed by atoms with Crippen molar-refractivity contribution >= 4 is 13.1 Å². The Hall–Kier alpha value is -0.585. The summed E-state index contributed by atoms with van der Waals surface area (Å²) in [6, 6.07) is 0. The maximum absolute atomic E-state index is 11.7. The van der Waals surface area contributed by atoms with Gasteiger partial charge in [0.05, 0.1) is 5.92 Å². The van der Waals surface area contributed by atoms with Crippen LogP contribution in [-0.2, 0) is 4.79 Å². The first kappa shape index (κ1) is 18.7. The van der Waals surface area contributed by atoms with Gasteiger partial charge in [-0.25, -0.2) is 0 Å². The molecule has 6 heteroatoms. The first-order valence-electron chi connectivity index (χ1n) is 9.08. The van der Waals surface area contributed by atoms with E-state index in [0.29, 0.717) is 30.5 Å². The molecule has 0 aromatic rings. The number of nitrogens with zero attached hydrogens (tertiary/aromatic N) is 1. The molecule has 1 heterocycles. The van der Waals surface area contributed by atoms with Crippen LogP contribution in [0.5, 0.6) is 0 Å². The van der Waals surface area contributed by atoms with Gasteiger partial charge >= 0.3 is 13.1 Å². The summed E-state index contributed by atoms with van der Waals surface area (Å²) < 4.78 is 0. The van der Waals surface area contributed by atoms with Crippen molar-refractivity contribution in [3.63, 3.8) is 0 Å². The maximum Gasteiger partial charge on any atom is 0.451 e. The van der Waals surface area contributed by atoms with Gasteiger partial charge in [-0.05, 0) is 62.3 Å². The highest BCUT2D eigenvalue weighted by Crippen LogP contribution is 2.38. The van der Waals surface area contributed by atoms with Gasteiger partial charge < -0.3 is 20.1 Å². The average Bonchev–Trinajstić information content (AvgIpc) is 2.48. The lowest BCUT2D eigenvalue weighted by molar-refractivity contribution is -0.146. The van der Waals surface area contributed by atoms with Gasteiger partial charge in [-0.3, -0.25) is 4.79 Å². The summed E-state index contributed by atoms with van der Waals surface area (Å²) in [6.45, 7) is 7.69. The molecule has 0 bridgehead atoms. The van der Waals surface area contributed by atoms with E-state index in [4.69, 9.17) is 10.0 Å². The minimum Gasteiger partial charge on any atom is -0.481 e. The highest BCUT2D eigenvalue weighted by molar-refractivity contribution is 6.40. The number of carboxylic acid groups (broad SMARTS) is 1. The lowest BCUT2D eigenvalue weighted by Crippen LogP contribution is -2.43. The fourth-order valence-corrected chi connectivity index (χ4v) is 4.16. The zero-order chi connectivity index (χ0) is 17.0. The predicted octanol–water partition coefficient (Wildman–Crippen LogP) is 2.09. The Morgan fingerprint density at radius 1 is 1.22 bits per heavy atom. The molecule has 1 aliphatic heterocycles. The van der Waals surface area contributed by atoms with Crippen LogP contribution in [0.2, 0.25) is 6.32 Å². The first-order valence-corrected chi connectivity index (χ1v) is 9.08. The molecule has 0 radical (unpaired) electrons. The molecular weight excluding hydrogens is 293 g/mol. The van der Waals surface area contributed by atoms with Crippen molar-refractivity contribution in [2.45, 2.75) is 58.7 Å². The highest BCUT2D eigenvalue weighted by Gasteiger charge is 2.37. The van der Waals surface area contributed by atoms with Crippen molar-refractivity contribution < 1.29 is 19.9 Å². The topological polar surface area (TPSA) is 81.0 Å². The van der Waals surface area contributed by atoms with Crippen LogP contribution in [0, 0.1) is 23.2 Å². The Labute approximate surface area is 140 Å². The molecule has 0 spiro atoms. The van der Waals surface area contributed by atoms with Crippen molar-refractivity contribution in [3.05, 3.63) is 0 Å². The maximum atomic E-state index is 11.7. The molecule has 0 unspecified atom stereocenters. The number of likely N-dealkylation sites (tertiary alicyclic amines) is 1. The molecule has 0 amide bonds. The van der Waals surface area contributed by atoms with Crippen LogP contribution in [0.3, 0.4) is 0 Å². The highest BCUT2D eigenvalue weighted by atomic mass is 16.4. The Morgan fingerprint density at radius 2 is 1.87 bits per heavy atom. The molecule has 0 aromatic heterocycles. The number of carbonyl (C=O) groups is 1. The molecule has 1 saturated carbocycles. The van der Waals surface area contributed by atoms with Gasteiger partial charge in [0.25, 0.3) is 0 Å². The lowest BCUT2D eigenvalue weighted by atomic mass is 9.69. The third-order valence-electron chi connectivity index (χ3n) is 5.95. The number of aliphatic carboxylic acids is 1. The summed E-state index contributed by atoms with van der Waals surface area (Å²) in [5, 5.41) is 27.6. The second kappa shape index (κ2) is 7.99. The molecule has 2 aliphatic rings. The second-order valence-electron chi connectivity index (χ2n) is 8.41. The summed E-state index contributed by atoms with van der Waals surface area (Å²) in [4.78, 5) is 14.1. The molecule has 23 heavy (non-hydrogen) atoms. The van der Waals surface area contributed by atoms with Gasteiger partial charge in [0.15, 0.2) is 0 Å². The quantitative estimate of drug-likeness (QED) is 0.652. The summed E-state index contributed by atoms with van der Waals surface area (Å²) in [7, 11) is -1.27. The van der Waals surface area contributed by atoms with Crippen molar-refractivity contribution in [1.29, 1.82) is 0 Å². The van der Waals surface area contributed by atoms with Crippen LogP contribution >= 0.6 is 0 Å². The monoisotopic (exact) mass is 325 g/mol. The summed E-state index contributed by atoms with van der Waals surface area (Å²) >= 11 is 0.